The number of imidazole rings is 1. The lowest BCUT2D eigenvalue weighted by Crippen LogP contribution is -2.57. The van der Waals surface area contributed by atoms with E-state index in [1.54, 1.807) is 16.1 Å². The van der Waals surface area contributed by atoms with Crippen LogP contribution in [-0.2, 0) is 16.1 Å². The number of hydrogen-bond acceptors (Lipinski definition) is 4. The fourth-order valence-corrected chi connectivity index (χ4v) is 4.23. The van der Waals surface area contributed by atoms with Crippen LogP contribution in [0.25, 0.3) is 11.0 Å². The summed E-state index contributed by atoms with van der Waals surface area (Å²) in [5, 5.41) is 2.42. The van der Waals surface area contributed by atoms with Crippen molar-refractivity contribution in [2.24, 2.45) is 0 Å². The van der Waals surface area contributed by atoms with E-state index in [9.17, 15) is 14.4 Å². The highest BCUT2D eigenvalue weighted by Crippen LogP contribution is 2.33. The zero-order chi connectivity index (χ0) is 19.0. The quantitative estimate of drug-likeness (QED) is 0.825. The third-order valence-electron chi connectivity index (χ3n) is 5.76. The molecule has 27 heavy (non-hydrogen) atoms. The second-order valence-corrected chi connectivity index (χ2v) is 7.09. The van der Waals surface area contributed by atoms with Gasteiger partial charge in [-0.1, -0.05) is 12.1 Å². The number of carbonyl (C=O) groups excluding carboxylic acids is 3. The third kappa shape index (κ3) is 2.85. The number of para-hydroxylation sites is 2. The summed E-state index contributed by atoms with van der Waals surface area (Å²) in [4.78, 5) is 44.7. The van der Waals surface area contributed by atoms with Crippen LogP contribution in [-0.4, -0.2) is 62.4 Å². The summed E-state index contributed by atoms with van der Waals surface area (Å²) in [6.07, 6.45) is 3.11. The van der Waals surface area contributed by atoms with E-state index in [1.165, 1.54) is 0 Å². The molecule has 0 atom stereocenters. The van der Waals surface area contributed by atoms with Crippen LogP contribution in [0.15, 0.2) is 30.6 Å². The van der Waals surface area contributed by atoms with E-state index in [-0.39, 0.29) is 17.8 Å². The summed E-state index contributed by atoms with van der Waals surface area (Å²) in [7, 11) is 0. The van der Waals surface area contributed by atoms with Crippen LogP contribution in [0.3, 0.4) is 0 Å². The van der Waals surface area contributed by atoms with E-state index >= 15 is 0 Å². The molecule has 142 valence electrons. The molecule has 1 aromatic carbocycles. The predicted octanol–water partition coefficient (Wildman–Crippen LogP) is 1.36. The molecule has 2 aliphatic rings. The molecule has 3 heterocycles. The molecule has 0 unspecified atom stereocenters. The normalized spacial score (nSPS) is 19.1. The number of benzene rings is 1. The number of aromatic nitrogens is 2. The van der Waals surface area contributed by atoms with E-state index in [4.69, 9.17) is 0 Å². The van der Waals surface area contributed by atoms with Crippen molar-refractivity contribution in [3.63, 3.8) is 0 Å². The number of hydrogen-bond donors (Lipinski definition) is 1. The largest absolute Gasteiger partial charge is 0.342 e. The molecular weight excluding hydrogens is 346 g/mol. The van der Waals surface area contributed by atoms with Crippen LogP contribution in [0, 0.1) is 0 Å². The van der Waals surface area contributed by atoms with Gasteiger partial charge in [0.25, 0.3) is 5.91 Å². The molecule has 2 aromatic rings. The average molecular weight is 369 g/mol. The Bertz CT molecular complexity index is 898. The number of likely N-dealkylation sites (tertiary alicyclic amines) is 1. The number of likely N-dealkylation sites (N-methyl/N-ethyl adjacent to an activating group) is 1. The Labute approximate surface area is 157 Å². The molecule has 1 aromatic heterocycles. The minimum Gasteiger partial charge on any atom is -0.342 e. The van der Waals surface area contributed by atoms with Crippen LogP contribution >= 0.6 is 0 Å². The molecule has 4 rings (SSSR count). The van der Waals surface area contributed by atoms with Crippen molar-refractivity contribution in [3.05, 3.63) is 30.6 Å². The van der Waals surface area contributed by atoms with Crippen molar-refractivity contribution in [2.45, 2.75) is 38.3 Å². The van der Waals surface area contributed by atoms with Gasteiger partial charge < -0.3 is 14.4 Å². The summed E-state index contributed by atoms with van der Waals surface area (Å²) in [5.41, 5.74) is 1.15. The van der Waals surface area contributed by atoms with Crippen molar-refractivity contribution >= 4 is 28.9 Å². The number of aryl methyl sites for hydroxylation is 1. The first-order valence-corrected chi connectivity index (χ1v) is 9.36. The molecule has 0 radical (unpaired) electrons. The Morgan fingerprint density at radius 3 is 2.70 bits per heavy atom. The van der Waals surface area contributed by atoms with Crippen LogP contribution in [0.2, 0.25) is 0 Å². The van der Waals surface area contributed by atoms with E-state index in [2.05, 4.69) is 10.3 Å². The van der Waals surface area contributed by atoms with Crippen LogP contribution in [0.1, 0.15) is 26.2 Å². The SMILES string of the molecule is CCN1C(=O)NC(=O)C12CCN(C(=O)CCn1cnc3ccccc31)CC2. The second-order valence-electron chi connectivity index (χ2n) is 7.09. The molecular formula is C19H23N5O3. The number of urea groups is 1. The number of nitrogens with zero attached hydrogens (tertiary/aromatic N) is 4. The molecule has 0 aliphatic carbocycles. The Balaban J connectivity index is 1.38. The first kappa shape index (κ1) is 17.5. The Morgan fingerprint density at radius 1 is 1.22 bits per heavy atom. The lowest BCUT2D eigenvalue weighted by atomic mass is 9.86. The molecule has 4 amide bonds. The maximum Gasteiger partial charge on any atom is 0.325 e. The van der Waals surface area contributed by atoms with Gasteiger partial charge in [0.15, 0.2) is 0 Å². The molecule has 2 fully saturated rings. The Kier molecular flexibility index (Phi) is 4.33. The van der Waals surface area contributed by atoms with Crippen molar-refractivity contribution in [3.8, 4) is 0 Å². The van der Waals surface area contributed by atoms with E-state index in [0.717, 1.165) is 11.0 Å². The first-order valence-electron chi connectivity index (χ1n) is 9.36. The van der Waals surface area contributed by atoms with Gasteiger partial charge in [0.2, 0.25) is 5.91 Å². The summed E-state index contributed by atoms with van der Waals surface area (Å²) in [6, 6.07) is 7.52. The molecule has 8 nitrogen and oxygen atoms in total. The van der Waals surface area contributed by atoms with Crippen molar-refractivity contribution in [2.75, 3.05) is 19.6 Å². The van der Waals surface area contributed by atoms with Crippen molar-refractivity contribution < 1.29 is 14.4 Å². The van der Waals surface area contributed by atoms with Crippen LogP contribution in [0.4, 0.5) is 4.79 Å². The smallest absolute Gasteiger partial charge is 0.325 e. The molecule has 0 saturated carbocycles. The summed E-state index contributed by atoms with van der Waals surface area (Å²) in [6.45, 7) is 3.90. The molecule has 8 heteroatoms. The van der Waals surface area contributed by atoms with E-state index in [0.29, 0.717) is 45.4 Å². The van der Waals surface area contributed by atoms with Crippen molar-refractivity contribution in [1.82, 2.24) is 24.7 Å². The maximum absolute atomic E-state index is 12.6. The van der Waals surface area contributed by atoms with Gasteiger partial charge >= 0.3 is 6.03 Å². The third-order valence-corrected chi connectivity index (χ3v) is 5.76. The number of fused-ring (bicyclic) bond motifs is 1. The molecule has 1 spiro atoms. The molecule has 1 N–H and O–H groups in total. The molecule has 2 aliphatic heterocycles. The number of imide groups is 1. The fourth-order valence-electron chi connectivity index (χ4n) is 4.23. The summed E-state index contributed by atoms with van der Waals surface area (Å²) < 4.78 is 1.99. The maximum atomic E-state index is 12.6. The molecule has 0 bridgehead atoms. The number of carbonyl (C=O) groups is 3. The van der Waals surface area contributed by atoms with Crippen LogP contribution < -0.4 is 5.32 Å². The topological polar surface area (TPSA) is 87.5 Å². The monoisotopic (exact) mass is 369 g/mol. The highest BCUT2D eigenvalue weighted by Gasteiger charge is 2.53. The van der Waals surface area contributed by atoms with Crippen LogP contribution in [0.5, 0.6) is 0 Å². The van der Waals surface area contributed by atoms with Gasteiger partial charge in [0.05, 0.1) is 17.4 Å². The first-order chi connectivity index (χ1) is 13.0. The minimum atomic E-state index is -0.789. The van der Waals surface area contributed by atoms with Crippen molar-refractivity contribution in [1.29, 1.82) is 0 Å². The highest BCUT2D eigenvalue weighted by atomic mass is 16.2. The van der Waals surface area contributed by atoms with Gasteiger partial charge in [-0.2, -0.15) is 0 Å². The molecule has 2 saturated heterocycles. The zero-order valence-corrected chi connectivity index (χ0v) is 15.4. The predicted molar refractivity (Wildman–Crippen MR) is 98.8 cm³/mol. The summed E-state index contributed by atoms with van der Waals surface area (Å²) >= 11 is 0. The van der Waals surface area contributed by atoms with Gasteiger partial charge in [-0.25, -0.2) is 9.78 Å². The summed E-state index contributed by atoms with van der Waals surface area (Å²) in [5.74, 6) is -0.165. The Morgan fingerprint density at radius 2 is 1.96 bits per heavy atom. The second kappa shape index (κ2) is 6.68. The van der Waals surface area contributed by atoms with E-state index in [1.807, 2.05) is 35.8 Å². The highest BCUT2D eigenvalue weighted by molar-refractivity contribution is 6.07. The fraction of sp³-hybridized carbons (Fsp3) is 0.474. The lowest BCUT2D eigenvalue weighted by molar-refractivity contribution is -0.138. The van der Waals surface area contributed by atoms with Gasteiger partial charge in [0, 0.05) is 32.6 Å². The van der Waals surface area contributed by atoms with E-state index < -0.39 is 5.54 Å². The number of nitrogens with one attached hydrogen (secondary N) is 1. The zero-order valence-electron chi connectivity index (χ0n) is 15.4. The van der Waals surface area contributed by atoms with Gasteiger partial charge in [0.1, 0.15) is 5.54 Å². The number of piperidine rings is 1. The number of rotatable bonds is 4. The Hall–Kier alpha value is -2.90. The van der Waals surface area contributed by atoms with Gasteiger partial charge in [-0.05, 0) is 31.9 Å². The van der Waals surface area contributed by atoms with Gasteiger partial charge in [-0.3, -0.25) is 14.9 Å². The average Bonchev–Trinajstić information content (AvgIpc) is 3.19. The lowest BCUT2D eigenvalue weighted by Gasteiger charge is -2.41. The minimum absolute atomic E-state index is 0.0652. The number of amides is 4. The standard InChI is InChI=1S/C19H23N5O3/c1-2-24-18(27)21-17(26)19(24)8-11-22(12-9-19)16(25)7-10-23-13-20-14-5-3-4-6-15(14)23/h3-6,13H,2,7-12H2,1H3,(H,21,26,27). The van der Waals surface area contributed by atoms with Gasteiger partial charge in [-0.15, -0.1) is 0 Å².